The fourth-order valence-electron chi connectivity index (χ4n) is 0. The Labute approximate surface area is 40.6 Å². The molecule has 0 heterocycles. The molecule has 0 atom stereocenters. The number of rotatable bonds is 0. The standard InChI is InChI=1S/C2H4Si.Co/c1-2-3;/h1-2H2;/q-1;. The fourth-order valence-corrected chi connectivity index (χ4v) is 0. The van der Waals surface area contributed by atoms with Crippen molar-refractivity contribution in [2.45, 2.75) is 6.04 Å². The summed E-state index contributed by atoms with van der Waals surface area (Å²) in [5.41, 5.74) is 0. The Morgan fingerprint density at radius 3 is 1.75 bits per heavy atom. The summed E-state index contributed by atoms with van der Waals surface area (Å²) in [7, 11) is 3.07. The predicted octanol–water partition coefficient (Wildman–Crippen LogP) is 0.405. The molecule has 0 saturated carbocycles. The van der Waals surface area contributed by atoms with Gasteiger partial charge in [0.2, 0.25) is 0 Å². The molecule has 2 heteroatoms. The van der Waals surface area contributed by atoms with E-state index in [9.17, 15) is 0 Å². The summed E-state index contributed by atoms with van der Waals surface area (Å²) in [5, 5.41) is 0. The zero-order chi connectivity index (χ0) is 2.71. The van der Waals surface area contributed by atoms with Gasteiger partial charge in [0.05, 0.1) is 0 Å². The summed E-state index contributed by atoms with van der Waals surface area (Å²) in [6, 6.07) is 0.806. The first-order valence-electron chi connectivity index (χ1n) is 0.854. The molecule has 0 N–H and O–H groups in total. The van der Waals surface area contributed by atoms with Crippen LogP contribution in [0.15, 0.2) is 0 Å². The van der Waals surface area contributed by atoms with Crippen molar-refractivity contribution in [3.8, 4) is 0 Å². The molecule has 0 saturated heterocycles. The zero-order valence-corrected chi connectivity index (χ0v) is 4.29. The maximum absolute atomic E-state index is 3.40. The van der Waals surface area contributed by atoms with Crippen LogP contribution < -0.4 is 0 Å². The molecule has 4 heavy (non-hydrogen) atoms. The average Bonchev–Trinajstić information content (AvgIpc) is 0.918. The van der Waals surface area contributed by atoms with E-state index in [2.05, 4.69) is 17.2 Å². The molecular formula is C2H4CoSi-. The van der Waals surface area contributed by atoms with Crippen molar-refractivity contribution < 1.29 is 16.8 Å². The van der Waals surface area contributed by atoms with Crippen LogP contribution in [0.4, 0.5) is 0 Å². The number of hydrogen-bond acceptors (Lipinski definition) is 0. The SMILES string of the molecule is [CH2-]C[Si].[Co]. The Morgan fingerprint density at radius 2 is 1.75 bits per heavy atom. The predicted molar refractivity (Wildman–Crippen MR) is 15.9 cm³/mol. The summed E-state index contributed by atoms with van der Waals surface area (Å²) < 4.78 is 0. The molecule has 0 nitrogen and oxygen atoms in total. The summed E-state index contributed by atoms with van der Waals surface area (Å²) in [6.45, 7) is 3.40. The molecule has 0 aliphatic carbocycles. The van der Waals surface area contributed by atoms with Crippen LogP contribution in [0, 0.1) is 6.92 Å². The third-order valence-corrected chi connectivity index (χ3v) is 0. The van der Waals surface area contributed by atoms with Crippen LogP contribution in [-0.2, 0) is 16.8 Å². The second-order valence-electron chi connectivity index (χ2n) is 0.250. The Morgan fingerprint density at radius 1 is 1.75 bits per heavy atom. The summed E-state index contributed by atoms with van der Waals surface area (Å²) >= 11 is 0. The van der Waals surface area contributed by atoms with Gasteiger partial charge in [0, 0.05) is 16.8 Å². The van der Waals surface area contributed by atoms with Crippen LogP contribution in [0.2, 0.25) is 6.04 Å². The van der Waals surface area contributed by atoms with Gasteiger partial charge in [-0.2, -0.15) is 6.04 Å². The van der Waals surface area contributed by atoms with Gasteiger partial charge in [-0.05, 0) is 10.2 Å². The molecule has 0 rings (SSSR count). The van der Waals surface area contributed by atoms with Gasteiger partial charge in [-0.1, -0.05) is 0 Å². The van der Waals surface area contributed by atoms with Gasteiger partial charge < -0.3 is 6.92 Å². The van der Waals surface area contributed by atoms with Crippen LogP contribution >= 0.6 is 0 Å². The average molecular weight is 115 g/mol. The molecule has 0 spiro atoms. The van der Waals surface area contributed by atoms with E-state index < -0.39 is 0 Å². The first kappa shape index (κ1) is 8.83. The Hall–Kier alpha value is 0.723. The first-order valence-corrected chi connectivity index (χ1v) is 1.56. The van der Waals surface area contributed by atoms with Gasteiger partial charge >= 0.3 is 0 Å². The largest absolute Gasteiger partial charge is 0.347 e. The Kier molecular flexibility index (Phi) is 20.5. The van der Waals surface area contributed by atoms with Crippen LogP contribution in [0.25, 0.3) is 0 Å². The maximum Gasteiger partial charge on any atom is 0 e. The Balaban J connectivity index is 0. The van der Waals surface area contributed by atoms with E-state index in [1.165, 1.54) is 0 Å². The van der Waals surface area contributed by atoms with E-state index in [-0.39, 0.29) is 16.8 Å². The van der Waals surface area contributed by atoms with Crippen molar-refractivity contribution in [3.63, 3.8) is 0 Å². The minimum absolute atomic E-state index is 0. The minimum Gasteiger partial charge on any atom is -0.347 e. The second kappa shape index (κ2) is 9.30. The van der Waals surface area contributed by atoms with Crippen LogP contribution in [0.1, 0.15) is 0 Å². The molecule has 0 aromatic carbocycles. The van der Waals surface area contributed by atoms with E-state index in [0.717, 1.165) is 6.04 Å². The zero-order valence-electron chi connectivity index (χ0n) is 2.25. The fraction of sp³-hybridized carbons (Fsp3) is 0.500. The third kappa shape index (κ3) is 15.5. The smallest absolute Gasteiger partial charge is 0 e. The van der Waals surface area contributed by atoms with Crippen molar-refractivity contribution in [1.82, 2.24) is 0 Å². The molecule has 0 aliphatic heterocycles. The van der Waals surface area contributed by atoms with E-state index in [4.69, 9.17) is 0 Å². The van der Waals surface area contributed by atoms with E-state index >= 15 is 0 Å². The molecule has 4 radical (unpaired) electrons. The van der Waals surface area contributed by atoms with E-state index in [0.29, 0.717) is 0 Å². The molecule has 0 aromatic heterocycles. The van der Waals surface area contributed by atoms with Gasteiger partial charge in [0.15, 0.2) is 0 Å². The van der Waals surface area contributed by atoms with Crippen molar-refractivity contribution in [2.75, 3.05) is 0 Å². The Bertz CT molecular complexity index is 6.00. The second-order valence-corrected chi connectivity index (χ2v) is 0.750. The minimum atomic E-state index is 0. The number of hydrogen-bond donors (Lipinski definition) is 0. The quantitative estimate of drug-likeness (QED) is 0.317. The molecule has 0 fully saturated rings. The van der Waals surface area contributed by atoms with Gasteiger partial charge in [-0.3, -0.25) is 0 Å². The molecule has 0 unspecified atom stereocenters. The van der Waals surface area contributed by atoms with Crippen LogP contribution in [-0.4, -0.2) is 10.2 Å². The van der Waals surface area contributed by atoms with E-state index in [1.54, 1.807) is 0 Å². The van der Waals surface area contributed by atoms with Crippen molar-refractivity contribution >= 4 is 10.2 Å². The third-order valence-electron chi connectivity index (χ3n) is 0. The first-order chi connectivity index (χ1) is 1.41. The molecule has 0 aromatic rings. The molecule has 0 aliphatic rings. The van der Waals surface area contributed by atoms with Crippen molar-refractivity contribution in [3.05, 3.63) is 6.92 Å². The van der Waals surface area contributed by atoms with Crippen LogP contribution in [0.5, 0.6) is 0 Å². The summed E-state index contributed by atoms with van der Waals surface area (Å²) in [5.74, 6) is 0. The van der Waals surface area contributed by atoms with Gasteiger partial charge in [0.1, 0.15) is 0 Å². The van der Waals surface area contributed by atoms with Gasteiger partial charge in [0.25, 0.3) is 0 Å². The van der Waals surface area contributed by atoms with Crippen LogP contribution in [0.3, 0.4) is 0 Å². The normalized spacial score (nSPS) is 4.50. The van der Waals surface area contributed by atoms with Crippen molar-refractivity contribution in [1.29, 1.82) is 0 Å². The topological polar surface area (TPSA) is 0 Å². The van der Waals surface area contributed by atoms with Gasteiger partial charge in [-0.15, -0.1) is 0 Å². The molecule has 0 amide bonds. The molecule has 26 valence electrons. The molecule has 0 bridgehead atoms. The van der Waals surface area contributed by atoms with Gasteiger partial charge in [-0.25, -0.2) is 0 Å². The molecular weight excluding hydrogens is 111 g/mol. The van der Waals surface area contributed by atoms with Crippen molar-refractivity contribution in [2.24, 2.45) is 0 Å². The monoisotopic (exact) mass is 115 g/mol. The summed E-state index contributed by atoms with van der Waals surface area (Å²) in [4.78, 5) is 0. The van der Waals surface area contributed by atoms with E-state index in [1.807, 2.05) is 0 Å². The maximum atomic E-state index is 3.40. The summed E-state index contributed by atoms with van der Waals surface area (Å²) in [6.07, 6.45) is 0.